The third-order valence-electron chi connectivity index (χ3n) is 1.25. The smallest absolute Gasteiger partial charge is 0.0306 e. The van der Waals surface area contributed by atoms with Crippen molar-refractivity contribution >= 4 is 0 Å². The molecule has 3 atom stereocenters. The standard InChI is InChI=1S/C8H14/c1-6-4-7-2-3-8(6)5-7/h6-8H,2-5H2,1H3/i2D2,3D2,4D2,5D2,6D,7D,8D. The Morgan fingerprint density at radius 2 is 2.38 bits per heavy atom. The zero-order chi connectivity index (χ0) is 15.5. The molecule has 2 fully saturated rings. The molecule has 46 valence electrons. The number of fused-ring (bicyclic) bond motifs is 2. The van der Waals surface area contributed by atoms with Crippen molar-refractivity contribution in [3.8, 4) is 0 Å². The molecule has 0 amide bonds. The second-order valence-electron chi connectivity index (χ2n) is 1.88. The van der Waals surface area contributed by atoms with E-state index in [-0.39, 0.29) is 0 Å². The summed E-state index contributed by atoms with van der Waals surface area (Å²) >= 11 is 0. The van der Waals surface area contributed by atoms with Gasteiger partial charge in [0.1, 0.15) is 0 Å². The summed E-state index contributed by atoms with van der Waals surface area (Å²) < 4.78 is 86.2. The van der Waals surface area contributed by atoms with Crippen LogP contribution in [0.4, 0.5) is 0 Å². The molecule has 0 heteroatoms. The van der Waals surface area contributed by atoms with Gasteiger partial charge in [-0.05, 0) is 36.8 Å². The second-order valence-corrected chi connectivity index (χ2v) is 1.88. The first kappa shape index (κ1) is 0.980. The van der Waals surface area contributed by atoms with Gasteiger partial charge in [0.2, 0.25) is 0 Å². The molecule has 0 radical (unpaired) electrons. The van der Waals surface area contributed by atoms with Crippen LogP contribution >= 0.6 is 0 Å². The fraction of sp³-hybridized carbons (Fsp3) is 1.00. The van der Waals surface area contributed by atoms with E-state index in [1.54, 1.807) is 0 Å². The van der Waals surface area contributed by atoms with Gasteiger partial charge < -0.3 is 0 Å². The van der Waals surface area contributed by atoms with E-state index in [2.05, 4.69) is 0 Å². The van der Waals surface area contributed by atoms with Crippen LogP contribution in [0, 0.1) is 17.7 Å². The summed E-state index contributed by atoms with van der Waals surface area (Å²) in [4.78, 5) is 0. The summed E-state index contributed by atoms with van der Waals surface area (Å²) in [5.74, 6) is -8.79. The third kappa shape index (κ3) is 0.519. The van der Waals surface area contributed by atoms with E-state index in [0.29, 0.717) is 0 Å². The Bertz CT molecular complexity index is 380. The Morgan fingerprint density at radius 3 is 3.00 bits per heavy atom. The zero-order valence-corrected chi connectivity index (χ0v) is 4.50. The molecule has 2 bridgehead atoms. The molecule has 8 heavy (non-hydrogen) atoms. The zero-order valence-electron chi connectivity index (χ0n) is 15.5. The highest BCUT2D eigenvalue weighted by atomic mass is 14.4. The lowest BCUT2D eigenvalue weighted by Crippen LogP contribution is -2.04. The Kier molecular flexibility index (Phi) is 0.183. The quantitative estimate of drug-likeness (QED) is 0.462. The van der Waals surface area contributed by atoms with Crippen LogP contribution < -0.4 is 0 Å². The van der Waals surface area contributed by atoms with Gasteiger partial charge in [-0.25, -0.2) is 0 Å². The van der Waals surface area contributed by atoms with E-state index in [0.717, 1.165) is 6.92 Å². The maximum Gasteiger partial charge on any atom is 0.0306 e. The fourth-order valence-electron chi connectivity index (χ4n) is 0.812. The molecule has 0 saturated heterocycles. The van der Waals surface area contributed by atoms with Crippen LogP contribution in [0.2, 0.25) is 0 Å². The summed E-state index contributed by atoms with van der Waals surface area (Å²) in [5.41, 5.74) is 0. The van der Waals surface area contributed by atoms with E-state index in [1.807, 2.05) is 0 Å². The Balaban J connectivity index is 2.99. The van der Waals surface area contributed by atoms with Crippen LogP contribution in [0.5, 0.6) is 0 Å². The largest absolute Gasteiger partial charge is 0.0622 e. The van der Waals surface area contributed by atoms with Crippen LogP contribution in [0.3, 0.4) is 0 Å². The molecular formula is C8H14. The normalized spacial score (nSPS) is 126. The Labute approximate surface area is 66.7 Å². The summed E-state index contributed by atoms with van der Waals surface area (Å²) in [7, 11) is 0. The van der Waals surface area contributed by atoms with Crippen molar-refractivity contribution in [2.45, 2.75) is 32.4 Å². The lowest BCUT2D eigenvalue weighted by atomic mass is 9.91. The van der Waals surface area contributed by atoms with E-state index in [9.17, 15) is 0 Å². The molecule has 0 spiro atoms. The van der Waals surface area contributed by atoms with Gasteiger partial charge in [0, 0.05) is 15.1 Å². The molecule has 2 aliphatic rings. The van der Waals surface area contributed by atoms with Gasteiger partial charge in [-0.3, -0.25) is 0 Å². The minimum absolute atomic E-state index is 0.862. The summed E-state index contributed by atoms with van der Waals surface area (Å²) in [6.45, 7) is 0.862. The number of hydrogen-bond donors (Lipinski definition) is 0. The van der Waals surface area contributed by atoms with Crippen LogP contribution in [0.25, 0.3) is 0 Å². The lowest BCUT2D eigenvalue weighted by Gasteiger charge is -2.15. The van der Waals surface area contributed by atoms with Crippen molar-refractivity contribution in [2.24, 2.45) is 17.7 Å². The average molecular weight is 121 g/mol. The van der Waals surface area contributed by atoms with Gasteiger partial charge in [0.25, 0.3) is 0 Å². The first-order valence-electron chi connectivity index (χ1n) is 8.00. The average Bonchev–Trinajstić information content (AvgIpc) is 2.32. The fourth-order valence-corrected chi connectivity index (χ4v) is 0.812. The molecule has 0 aliphatic heterocycles. The predicted octanol–water partition coefficient (Wildman–Crippen LogP) is 2.44. The molecule has 0 nitrogen and oxygen atoms in total. The summed E-state index contributed by atoms with van der Waals surface area (Å²) in [5, 5.41) is 0. The highest BCUT2D eigenvalue weighted by molar-refractivity contribution is 4.87. The van der Waals surface area contributed by atoms with Gasteiger partial charge in [-0.1, -0.05) is 13.3 Å². The van der Waals surface area contributed by atoms with Crippen molar-refractivity contribution in [2.75, 3.05) is 0 Å². The van der Waals surface area contributed by atoms with E-state index in [1.165, 1.54) is 0 Å². The van der Waals surface area contributed by atoms with Crippen molar-refractivity contribution in [3.63, 3.8) is 0 Å². The van der Waals surface area contributed by atoms with Crippen LogP contribution in [0.15, 0.2) is 0 Å². The summed E-state index contributed by atoms with van der Waals surface area (Å²) in [6, 6.07) is 0. The molecular weight excluding hydrogens is 96.1 g/mol. The van der Waals surface area contributed by atoms with Crippen molar-refractivity contribution in [1.29, 1.82) is 0 Å². The van der Waals surface area contributed by atoms with Crippen molar-refractivity contribution in [1.82, 2.24) is 0 Å². The molecule has 0 aromatic rings. The monoisotopic (exact) mass is 121 g/mol. The molecule has 2 saturated carbocycles. The Morgan fingerprint density at radius 1 is 1.50 bits per heavy atom. The minimum Gasteiger partial charge on any atom is -0.0622 e. The Hall–Kier alpha value is 0. The summed E-state index contributed by atoms with van der Waals surface area (Å²) in [6.07, 6.45) is -12.5. The molecule has 3 unspecified atom stereocenters. The van der Waals surface area contributed by atoms with Gasteiger partial charge >= 0.3 is 0 Å². The van der Waals surface area contributed by atoms with Crippen LogP contribution in [-0.2, 0) is 0 Å². The topological polar surface area (TPSA) is 0 Å². The molecule has 0 aromatic heterocycles. The lowest BCUT2D eigenvalue weighted by molar-refractivity contribution is 0.360. The van der Waals surface area contributed by atoms with Gasteiger partial charge in [0.15, 0.2) is 0 Å². The highest BCUT2D eigenvalue weighted by Crippen LogP contribution is 2.47. The molecule has 0 aromatic carbocycles. The van der Waals surface area contributed by atoms with Gasteiger partial charge in [0.05, 0.1) is 0 Å². The minimum atomic E-state index is -3.23. The van der Waals surface area contributed by atoms with Crippen molar-refractivity contribution < 1.29 is 15.1 Å². The van der Waals surface area contributed by atoms with E-state index < -0.39 is 43.2 Å². The third-order valence-corrected chi connectivity index (χ3v) is 1.25. The van der Waals surface area contributed by atoms with Crippen LogP contribution in [-0.4, -0.2) is 0 Å². The number of hydrogen-bond acceptors (Lipinski definition) is 0. The highest BCUT2D eigenvalue weighted by Gasteiger charge is 2.36. The van der Waals surface area contributed by atoms with E-state index in [4.69, 9.17) is 15.1 Å². The predicted molar refractivity (Wildman–Crippen MR) is 34.6 cm³/mol. The maximum absolute atomic E-state index is 8.08. The van der Waals surface area contributed by atoms with E-state index >= 15 is 0 Å². The number of rotatable bonds is 0. The van der Waals surface area contributed by atoms with Gasteiger partial charge in [-0.15, -0.1) is 0 Å². The first-order valence-corrected chi connectivity index (χ1v) is 2.50. The van der Waals surface area contributed by atoms with Crippen LogP contribution in [0.1, 0.15) is 47.5 Å². The van der Waals surface area contributed by atoms with Gasteiger partial charge in [-0.2, -0.15) is 0 Å². The maximum atomic E-state index is 8.08. The first-order chi connectivity index (χ1) is 8.00. The molecule has 2 aliphatic carbocycles. The molecule has 2 rings (SSSR count). The SMILES string of the molecule is [2H]C1([2H])C([2H])([2H])C2([2H])C([2H])([2H])C1([2H])C([2H])([2H])C2([2H])C. The molecule has 0 heterocycles. The second kappa shape index (κ2) is 1.49. The molecule has 0 N–H and O–H groups in total. The van der Waals surface area contributed by atoms with Crippen molar-refractivity contribution in [3.05, 3.63) is 0 Å².